The zero-order valence-corrected chi connectivity index (χ0v) is 19.3. The van der Waals surface area contributed by atoms with Crippen molar-refractivity contribution in [3.05, 3.63) is 53.3 Å². The number of amides is 1. The van der Waals surface area contributed by atoms with E-state index in [-0.39, 0.29) is 23.2 Å². The Balaban J connectivity index is 1.55. The largest absolute Gasteiger partial charge is 0.384 e. The fraction of sp³-hybridized carbons (Fsp3) is 0.286. The van der Waals surface area contributed by atoms with Gasteiger partial charge in [0.2, 0.25) is 0 Å². The molecule has 0 fully saturated rings. The van der Waals surface area contributed by atoms with Gasteiger partial charge in [-0.25, -0.2) is 23.5 Å². The van der Waals surface area contributed by atoms with Gasteiger partial charge in [0.1, 0.15) is 17.0 Å². The lowest BCUT2D eigenvalue weighted by Gasteiger charge is -2.11. The maximum Gasteiger partial charge on any atom is 0.282 e. The van der Waals surface area contributed by atoms with Gasteiger partial charge in [0.15, 0.2) is 5.65 Å². The number of rotatable bonds is 9. The van der Waals surface area contributed by atoms with Crippen molar-refractivity contribution in [1.82, 2.24) is 40.4 Å². The van der Waals surface area contributed by atoms with E-state index in [1.54, 1.807) is 36.5 Å². The summed E-state index contributed by atoms with van der Waals surface area (Å²) in [5.41, 5.74) is 7.71. The van der Waals surface area contributed by atoms with Crippen LogP contribution in [0.15, 0.2) is 41.4 Å². The smallest absolute Gasteiger partial charge is 0.282 e. The molecule has 10 nitrogen and oxygen atoms in total. The van der Waals surface area contributed by atoms with Crippen molar-refractivity contribution in [2.75, 3.05) is 32.9 Å². The Bertz CT molecular complexity index is 1300. The maximum absolute atomic E-state index is 13.8. The van der Waals surface area contributed by atoms with E-state index < -0.39 is 6.43 Å². The Kier molecular flexibility index (Phi) is 7.03. The van der Waals surface area contributed by atoms with E-state index in [1.807, 2.05) is 19.0 Å². The molecule has 4 rings (SSSR count). The number of anilines is 1. The molecule has 0 spiro atoms. The van der Waals surface area contributed by atoms with Crippen LogP contribution < -0.4 is 11.1 Å². The van der Waals surface area contributed by atoms with Crippen LogP contribution in [0, 0.1) is 0 Å². The van der Waals surface area contributed by atoms with Crippen molar-refractivity contribution < 1.29 is 13.6 Å². The summed E-state index contributed by atoms with van der Waals surface area (Å²) in [6.45, 7) is 1.19. The highest BCUT2D eigenvalue weighted by atomic mass is 32.2. The average molecular weight is 488 g/mol. The van der Waals surface area contributed by atoms with Gasteiger partial charge in [-0.05, 0) is 38.4 Å². The number of H-pyrrole nitrogens is 1. The number of carbonyl (C=O) groups is 1. The number of likely N-dealkylation sites (N-methyl/N-ethyl adjacent to an activating group) is 1. The molecule has 0 unspecified atom stereocenters. The van der Waals surface area contributed by atoms with Gasteiger partial charge in [0.25, 0.3) is 12.3 Å². The lowest BCUT2D eigenvalue weighted by Crippen LogP contribution is -2.31. The van der Waals surface area contributed by atoms with Crippen molar-refractivity contribution in [2.45, 2.75) is 17.1 Å². The topological polar surface area (TPSA) is 131 Å². The number of nitrogens with zero attached hydrogens (tertiary/aromatic N) is 6. The molecule has 34 heavy (non-hydrogen) atoms. The van der Waals surface area contributed by atoms with Crippen molar-refractivity contribution >= 4 is 34.7 Å². The van der Waals surface area contributed by atoms with Crippen LogP contribution in [0.1, 0.15) is 28.0 Å². The molecule has 0 aliphatic heterocycles. The normalized spacial score (nSPS) is 11.6. The number of carbonyl (C=O) groups excluding carboxylic acids is 1. The Hall–Kier alpha value is -3.58. The molecule has 3 aromatic heterocycles. The van der Waals surface area contributed by atoms with Gasteiger partial charge in [-0.3, -0.25) is 4.79 Å². The number of nitrogen functional groups attached to an aromatic ring is 1. The van der Waals surface area contributed by atoms with E-state index in [0.29, 0.717) is 46.0 Å². The van der Waals surface area contributed by atoms with Crippen LogP contribution >= 0.6 is 11.8 Å². The molecule has 178 valence electrons. The Labute approximate surface area is 197 Å². The third-order valence-corrected chi connectivity index (χ3v) is 5.99. The van der Waals surface area contributed by atoms with Gasteiger partial charge < -0.3 is 16.0 Å². The summed E-state index contributed by atoms with van der Waals surface area (Å²) in [5.74, 6) is 0.231. The summed E-state index contributed by atoms with van der Waals surface area (Å²) in [6, 6.07) is 8.31. The van der Waals surface area contributed by atoms with Gasteiger partial charge >= 0.3 is 0 Å². The van der Waals surface area contributed by atoms with Gasteiger partial charge in [0, 0.05) is 41.1 Å². The summed E-state index contributed by atoms with van der Waals surface area (Å²) in [7, 11) is 3.83. The summed E-state index contributed by atoms with van der Waals surface area (Å²) >= 11 is 1.28. The van der Waals surface area contributed by atoms with E-state index >= 15 is 0 Å². The second-order valence-corrected chi connectivity index (χ2v) is 8.75. The van der Waals surface area contributed by atoms with Crippen molar-refractivity contribution in [1.29, 1.82) is 0 Å². The maximum atomic E-state index is 13.8. The SMILES string of the molecule is CN(C)CCNC(=O)c1cccc(-n2cc(CSc3cc(N)nc4[nH]nnc34)c(C(F)F)n2)c1. The Morgan fingerprint density at radius 1 is 1.32 bits per heavy atom. The molecule has 0 saturated carbocycles. The molecule has 13 heteroatoms. The first-order chi connectivity index (χ1) is 16.3. The van der Waals surface area contributed by atoms with Crippen LogP contribution in [0.3, 0.4) is 0 Å². The molecule has 0 atom stereocenters. The number of pyridine rings is 1. The van der Waals surface area contributed by atoms with Crippen molar-refractivity contribution in [3.63, 3.8) is 0 Å². The number of fused-ring (bicyclic) bond motifs is 1. The first-order valence-corrected chi connectivity index (χ1v) is 11.3. The number of alkyl halides is 2. The quantitative estimate of drug-likeness (QED) is 0.307. The van der Waals surface area contributed by atoms with E-state index in [4.69, 9.17) is 5.73 Å². The highest BCUT2D eigenvalue weighted by Crippen LogP contribution is 2.32. The van der Waals surface area contributed by atoms with Gasteiger partial charge in [-0.15, -0.1) is 16.9 Å². The van der Waals surface area contributed by atoms with E-state index in [0.717, 1.165) is 0 Å². The highest BCUT2D eigenvalue weighted by molar-refractivity contribution is 7.98. The van der Waals surface area contributed by atoms with Gasteiger partial charge in [-0.1, -0.05) is 11.3 Å². The van der Waals surface area contributed by atoms with Gasteiger partial charge in [-0.2, -0.15) is 5.10 Å². The minimum Gasteiger partial charge on any atom is -0.384 e. The summed E-state index contributed by atoms with van der Waals surface area (Å²) in [5, 5.41) is 17.3. The fourth-order valence-corrected chi connectivity index (χ4v) is 4.24. The molecule has 0 bridgehead atoms. The predicted octanol–water partition coefficient (Wildman–Crippen LogP) is 2.64. The molecule has 3 heterocycles. The van der Waals surface area contributed by atoms with E-state index in [9.17, 15) is 13.6 Å². The third-order valence-electron chi connectivity index (χ3n) is 4.91. The molecule has 4 aromatic rings. The third kappa shape index (κ3) is 5.31. The molecule has 4 N–H and O–H groups in total. The number of aromatic nitrogens is 6. The van der Waals surface area contributed by atoms with Crippen molar-refractivity contribution in [3.8, 4) is 5.69 Å². The summed E-state index contributed by atoms with van der Waals surface area (Å²) in [4.78, 5) is 19.2. The lowest BCUT2D eigenvalue weighted by atomic mass is 10.2. The molecule has 1 aromatic carbocycles. The molecule has 0 aliphatic carbocycles. The second-order valence-electron chi connectivity index (χ2n) is 7.74. The van der Waals surface area contributed by atoms with Crippen LogP contribution in [0.25, 0.3) is 16.9 Å². The van der Waals surface area contributed by atoms with Gasteiger partial charge in [0.05, 0.1) is 5.69 Å². The second kappa shape index (κ2) is 10.1. The predicted molar refractivity (Wildman–Crippen MR) is 125 cm³/mol. The number of aromatic amines is 1. The zero-order chi connectivity index (χ0) is 24.2. The van der Waals surface area contributed by atoms with Crippen LogP contribution in [-0.4, -0.2) is 68.2 Å². The molecule has 0 aliphatic rings. The lowest BCUT2D eigenvalue weighted by molar-refractivity contribution is 0.0951. The summed E-state index contributed by atoms with van der Waals surface area (Å²) in [6.07, 6.45) is -1.22. The first-order valence-electron chi connectivity index (χ1n) is 10.3. The highest BCUT2D eigenvalue weighted by Gasteiger charge is 2.20. The fourth-order valence-electron chi connectivity index (χ4n) is 3.23. The molecule has 0 saturated heterocycles. The summed E-state index contributed by atoms with van der Waals surface area (Å²) < 4.78 is 28.9. The number of nitrogens with one attached hydrogen (secondary N) is 2. The van der Waals surface area contributed by atoms with Crippen LogP contribution in [0.5, 0.6) is 0 Å². The van der Waals surface area contributed by atoms with E-state index in [2.05, 4.69) is 30.8 Å². The van der Waals surface area contributed by atoms with Crippen LogP contribution in [-0.2, 0) is 5.75 Å². The number of halogens is 2. The molecular formula is C21H23F2N9OS. The number of thioether (sulfide) groups is 1. The van der Waals surface area contributed by atoms with Crippen LogP contribution in [0.2, 0.25) is 0 Å². The Morgan fingerprint density at radius 3 is 2.91 bits per heavy atom. The number of benzene rings is 1. The van der Waals surface area contributed by atoms with E-state index in [1.165, 1.54) is 16.4 Å². The number of hydrogen-bond donors (Lipinski definition) is 3. The molecule has 0 radical (unpaired) electrons. The van der Waals surface area contributed by atoms with Crippen LogP contribution in [0.4, 0.5) is 14.6 Å². The molecular weight excluding hydrogens is 464 g/mol. The van der Waals surface area contributed by atoms with Crippen molar-refractivity contribution in [2.24, 2.45) is 0 Å². The first kappa shape index (κ1) is 23.6. The zero-order valence-electron chi connectivity index (χ0n) is 18.5. The number of nitrogens with two attached hydrogens (primary N) is 1. The Morgan fingerprint density at radius 2 is 2.15 bits per heavy atom. The monoisotopic (exact) mass is 487 g/mol. The minimum atomic E-state index is -2.76. The standard InChI is InChI=1S/C21H23F2N9OS/c1-31(2)7-6-25-21(33)12-4-3-5-14(8-12)32-10-13(17(29-32)19(22)23)11-34-15-9-16(24)26-20-18(15)27-30-28-20/h3-5,8-10,19H,6-7,11H2,1-2H3,(H,25,33)(H3,24,26,27,28,30). The average Bonchev–Trinajstić information content (AvgIpc) is 3.44. The number of hydrogen-bond acceptors (Lipinski definition) is 8. The molecule has 1 amide bonds. The minimum absolute atomic E-state index is 0.204.